The van der Waals surface area contributed by atoms with Crippen LogP contribution in [0.2, 0.25) is 0 Å². The van der Waals surface area contributed by atoms with Crippen LogP contribution in [0.3, 0.4) is 0 Å². The number of amides is 1. The molecule has 3 N–H and O–H groups in total. The highest BCUT2D eigenvalue weighted by Crippen LogP contribution is 2.22. The average molecular weight is 293 g/mol. The lowest BCUT2D eigenvalue weighted by atomic mass is 9.91. The number of benzene rings is 1. The number of carbonyl (C=O) groups is 1. The van der Waals surface area contributed by atoms with Gasteiger partial charge in [-0.25, -0.2) is 4.39 Å². The third-order valence-electron chi connectivity index (χ3n) is 4.25. The number of hydrogen-bond donors (Lipinski definition) is 2. The molecule has 1 amide bonds. The largest absolute Gasteiger partial charge is 0.351 e. The van der Waals surface area contributed by atoms with Crippen molar-refractivity contribution >= 4 is 5.91 Å². The summed E-state index contributed by atoms with van der Waals surface area (Å²) in [7, 11) is 0. The molecule has 1 saturated heterocycles. The molecule has 0 spiro atoms. The van der Waals surface area contributed by atoms with Gasteiger partial charge in [-0.05, 0) is 31.4 Å². The molecule has 0 saturated carbocycles. The SMILES string of the molecule is CC1CCCN(CC(=O)NCc2ccccc2F)C1CN. The van der Waals surface area contributed by atoms with E-state index in [9.17, 15) is 9.18 Å². The molecule has 4 nitrogen and oxygen atoms in total. The first-order chi connectivity index (χ1) is 10.1. The van der Waals surface area contributed by atoms with E-state index in [0.717, 1.165) is 19.4 Å². The van der Waals surface area contributed by atoms with E-state index in [1.807, 2.05) is 0 Å². The fraction of sp³-hybridized carbons (Fsp3) is 0.562. The Morgan fingerprint density at radius 1 is 1.48 bits per heavy atom. The molecule has 1 aromatic rings. The van der Waals surface area contributed by atoms with Gasteiger partial charge in [0.1, 0.15) is 5.82 Å². The van der Waals surface area contributed by atoms with Crippen molar-refractivity contribution in [2.75, 3.05) is 19.6 Å². The Morgan fingerprint density at radius 2 is 2.24 bits per heavy atom. The lowest BCUT2D eigenvalue weighted by molar-refractivity contribution is -0.123. The number of nitrogens with one attached hydrogen (secondary N) is 1. The van der Waals surface area contributed by atoms with Gasteiger partial charge in [-0.3, -0.25) is 9.69 Å². The monoisotopic (exact) mass is 293 g/mol. The predicted octanol–water partition coefficient (Wildman–Crippen LogP) is 1.50. The van der Waals surface area contributed by atoms with Crippen LogP contribution in [0.1, 0.15) is 25.3 Å². The summed E-state index contributed by atoms with van der Waals surface area (Å²) >= 11 is 0. The standard InChI is InChI=1S/C16H24FN3O/c1-12-5-4-8-20(15(12)9-18)11-16(21)19-10-13-6-2-3-7-14(13)17/h2-3,6-7,12,15H,4-5,8-11,18H2,1H3,(H,19,21). The van der Waals surface area contributed by atoms with Crippen molar-refractivity contribution in [3.05, 3.63) is 35.6 Å². The highest BCUT2D eigenvalue weighted by atomic mass is 19.1. The summed E-state index contributed by atoms with van der Waals surface area (Å²) in [5, 5.41) is 2.79. The first-order valence-corrected chi connectivity index (χ1v) is 7.56. The van der Waals surface area contributed by atoms with Crippen molar-refractivity contribution < 1.29 is 9.18 Å². The van der Waals surface area contributed by atoms with Crippen molar-refractivity contribution in [3.8, 4) is 0 Å². The van der Waals surface area contributed by atoms with Gasteiger partial charge < -0.3 is 11.1 Å². The minimum Gasteiger partial charge on any atom is -0.351 e. The second kappa shape index (κ2) is 7.52. The number of carbonyl (C=O) groups excluding carboxylic acids is 1. The Balaban J connectivity index is 1.85. The van der Waals surface area contributed by atoms with Crippen LogP contribution in [0.5, 0.6) is 0 Å². The molecule has 2 unspecified atom stereocenters. The Bertz CT molecular complexity index is 480. The predicted molar refractivity (Wildman–Crippen MR) is 81.1 cm³/mol. The van der Waals surface area contributed by atoms with Gasteiger partial charge in [-0.2, -0.15) is 0 Å². The van der Waals surface area contributed by atoms with E-state index in [1.165, 1.54) is 6.07 Å². The van der Waals surface area contributed by atoms with E-state index in [4.69, 9.17) is 5.73 Å². The second-order valence-electron chi connectivity index (χ2n) is 5.76. The van der Waals surface area contributed by atoms with Gasteiger partial charge in [0, 0.05) is 24.7 Å². The molecule has 21 heavy (non-hydrogen) atoms. The first-order valence-electron chi connectivity index (χ1n) is 7.56. The quantitative estimate of drug-likeness (QED) is 0.865. The molecule has 1 aliphatic rings. The molecule has 1 heterocycles. The van der Waals surface area contributed by atoms with Crippen molar-refractivity contribution in [2.24, 2.45) is 11.7 Å². The number of hydrogen-bond acceptors (Lipinski definition) is 3. The van der Waals surface area contributed by atoms with Crippen molar-refractivity contribution in [1.29, 1.82) is 0 Å². The van der Waals surface area contributed by atoms with Crippen LogP contribution in [0.15, 0.2) is 24.3 Å². The summed E-state index contributed by atoms with van der Waals surface area (Å²) in [6.07, 6.45) is 2.26. The molecule has 5 heteroatoms. The summed E-state index contributed by atoms with van der Waals surface area (Å²) in [6.45, 7) is 4.21. The molecular weight excluding hydrogens is 269 g/mol. The van der Waals surface area contributed by atoms with E-state index in [1.54, 1.807) is 18.2 Å². The van der Waals surface area contributed by atoms with E-state index < -0.39 is 0 Å². The zero-order valence-corrected chi connectivity index (χ0v) is 12.5. The van der Waals surface area contributed by atoms with Gasteiger partial charge in [-0.15, -0.1) is 0 Å². The maximum atomic E-state index is 13.5. The van der Waals surface area contributed by atoms with E-state index in [2.05, 4.69) is 17.1 Å². The number of likely N-dealkylation sites (tertiary alicyclic amines) is 1. The maximum absolute atomic E-state index is 13.5. The number of nitrogens with zero attached hydrogens (tertiary/aromatic N) is 1. The molecule has 116 valence electrons. The van der Waals surface area contributed by atoms with Crippen LogP contribution < -0.4 is 11.1 Å². The van der Waals surface area contributed by atoms with Crippen LogP contribution >= 0.6 is 0 Å². The van der Waals surface area contributed by atoms with Crippen LogP contribution in [-0.2, 0) is 11.3 Å². The van der Waals surface area contributed by atoms with Crippen molar-refractivity contribution in [1.82, 2.24) is 10.2 Å². The van der Waals surface area contributed by atoms with Crippen LogP contribution in [0.25, 0.3) is 0 Å². The second-order valence-corrected chi connectivity index (χ2v) is 5.76. The summed E-state index contributed by atoms with van der Waals surface area (Å²) in [5.74, 6) is 0.151. The lowest BCUT2D eigenvalue weighted by Gasteiger charge is -2.38. The molecule has 2 atom stereocenters. The van der Waals surface area contributed by atoms with Crippen molar-refractivity contribution in [3.63, 3.8) is 0 Å². The summed E-state index contributed by atoms with van der Waals surface area (Å²) in [5.41, 5.74) is 6.33. The fourth-order valence-electron chi connectivity index (χ4n) is 2.99. The number of piperidine rings is 1. The maximum Gasteiger partial charge on any atom is 0.234 e. The Kier molecular flexibility index (Phi) is 5.70. The Morgan fingerprint density at radius 3 is 2.95 bits per heavy atom. The molecular formula is C16H24FN3O. The Hall–Kier alpha value is -1.46. The summed E-state index contributed by atoms with van der Waals surface area (Å²) in [4.78, 5) is 14.2. The van der Waals surface area contributed by atoms with E-state index in [0.29, 0.717) is 24.6 Å². The fourth-order valence-corrected chi connectivity index (χ4v) is 2.99. The molecule has 0 aromatic heterocycles. The number of nitrogens with two attached hydrogens (primary N) is 1. The molecule has 0 aliphatic carbocycles. The summed E-state index contributed by atoms with van der Waals surface area (Å²) < 4.78 is 13.5. The van der Waals surface area contributed by atoms with Gasteiger partial charge in [0.25, 0.3) is 0 Å². The highest BCUT2D eigenvalue weighted by Gasteiger charge is 2.28. The molecule has 1 fully saturated rings. The van der Waals surface area contributed by atoms with E-state index in [-0.39, 0.29) is 24.3 Å². The number of rotatable bonds is 5. The molecule has 1 aromatic carbocycles. The van der Waals surface area contributed by atoms with Gasteiger partial charge in [-0.1, -0.05) is 25.1 Å². The van der Waals surface area contributed by atoms with Crippen LogP contribution in [-0.4, -0.2) is 36.5 Å². The third kappa shape index (κ3) is 4.25. The van der Waals surface area contributed by atoms with E-state index >= 15 is 0 Å². The third-order valence-corrected chi connectivity index (χ3v) is 4.25. The van der Waals surface area contributed by atoms with Crippen LogP contribution in [0.4, 0.5) is 4.39 Å². The minimum absolute atomic E-state index is 0.0780. The van der Waals surface area contributed by atoms with Gasteiger partial charge in [0.05, 0.1) is 6.54 Å². The minimum atomic E-state index is -0.288. The molecule has 2 rings (SSSR count). The van der Waals surface area contributed by atoms with Gasteiger partial charge in [0.2, 0.25) is 5.91 Å². The van der Waals surface area contributed by atoms with Gasteiger partial charge >= 0.3 is 0 Å². The Labute approximate surface area is 125 Å². The topological polar surface area (TPSA) is 58.4 Å². The molecule has 1 aliphatic heterocycles. The van der Waals surface area contributed by atoms with Gasteiger partial charge in [0.15, 0.2) is 0 Å². The zero-order valence-electron chi connectivity index (χ0n) is 12.5. The zero-order chi connectivity index (χ0) is 15.2. The number of halogens is 1. The smallest absolute Gasteiger partial charge is 0.234 e. The normalized spacial score (nSPS) is 23.0. The average Bonchev–Trinajstić information content (AvgIpc) is 2.47. The molecule has 0 bridgehead atoms. The van der Waals surface area contributed by atoms with Crippen molar-refractivity contribution in [2.45, 2.75) is 32.4 Å². The first kappa shape index (κ1) is 15.9. The highest BCUT2D eigenvalue weighted by molar-refractivity contribution is 5.78. The molecule has 0 radical (unpaired) electrons. The van der Waals surface area contributed by atoms with Crippen LogP contribution in [0, 0.1) is 11.7 Å². The summed E-state index contributed by atoms with van der Waals surface area (Å²) in [6, 6.07) is 6.75. The lowest BCUT2D eigenvalue weighted by Crippen LogP contribution is -2.51.